The highest BCUT2D eigenvalue weighted by Crippen LogP contribution is 2.32. The fraction of sp³-hybridized carbons (Fsp3) is 0.0833. The molecule has 0 saturated heterocycles. The van der Waals surface area contributed by atoms with Crippen molar-refractivity contribution in [3.63, 3.8) is 0 Å². The van der Waals surface area contributed by atoms with Crippen molar-refractivity contribution in [3.05, 3.63) is 88.9 Å². The maximum Gasteiger partial charge on any atom is 0.231 e. The molecule has 148 valence electrons. The summed E-state index contributed by atoms with van der Waals surface area (Å²) in [6.07, 6.45) is 1.80. The first-order chi connectivity index (χ1) is 14.7. The average Bonchev–Trinajstić information content (AvgIpc) is 3.40. The molecule has 6 heteroatoms. The molecule has 0 fully saturated rings. The van der Waals surface area contributed by atoms with Crippen LogP contribution in [0.15, 0.2) is 77.8 Å². The van der Waals surface area contributed by atoms with Crippen molar-refractivity contribution >= 4 is 23.6 Å². The topological polar surface area (TPSA) is 48.6 Å². The third-order valence-electron chi connectivity index (χ3n) is 4.85. The highest BCUT2D eigenvalue weighted by atomic mass is 35.5. The summed E-state index contributed by atoms with van der Waals surface area (Å²) in [4.78, 5) is 4.72. The Morgan fingerprint density at radius 2 is 1.70 bits per heavy atom. The molecule has 2 heterocycles. The van der Waals surface area contributed by atoms with Crippen LogP contribution < -0.4 is 9.47 Å². The second-order valence-electron chi connectivity index (χ2n) is 7.01. The van der Waals surface area contributed by atoms with Crippen molar-refractivity contribution in [1.29, 1.82) is 0 Å². The Balaban J connectivity index is 1.55. The molecule has 0 unspecified atom stereocenters. The van der Waals surface area contributed by atoms with Gasteiger partial charge in [0.15, 0.2) is 17.3 Å². The zero-order valence-corrected chi connectivity index (χ0v) is 17.0. The normalized spacial score (nSPS) is 12.6. The molecule has 0 aliphatic carbocycles. The second-order valence-corrected chi connectivity index (χ2v) is 7.45. The van der Waals surface area contributed by atoms with Crippen LogP contribution in [0.2, 0.25) is 5.02 Å². The Bertz CT molecular complexity index is 1230. The monoisotopic (exact) mass is 415 g/mol. The summed E-state index contributed by atoms with van der Waals surface area (Å²) < 4.78 is 12.7. The molecule has 0 spiro atoms. The number of halogens is 1. The van der Waals surface area contributed by atoms with E-state index in [0.717, 1.165) is 39.8 Å². The van der Waals surface area contributed by atoms with Crippen LogP contribution in [0, 0.1) is 6.92 Å². The Morgan fingerprint density at radius 1 is 0.933 bits per heavy atom. The van der Waals surface area contributed by atoms with Gasteiger partial charge in [0.2, 0.25) is 6.79 Å². The zero-order chi connectivity index (χ0) is 20.5. The fourth-order valence-corrected chi connectivity index (χ4v) is 3.36. The van der Waals surface area contributed by atoms with E-state index < -0.39 is 0 Å². The third-order valence-corrected chi connectivity index (χ3v) is 5.10. The van der Waals surface area contributed by atoms with Crippen LogP contribution in [0.4, 0.5) is 5.82 Å². The molecule has 1 aliphatic heterocycles. The number of fused-ring (bicyclic) bond motifs is 1. The first-order valence-electron chi connectivity index (χ1n) is 9.52. The van der Waals surface area contributed by atoms with Crippen molar-refractivity contribution in [2.75, 3.05) is 6.79 Å². The Labute approximate surface area is 179 Å². The van der Waals surface area contributed by atoms with Gasteiger partial charge in [-0.05, 0) is 55.0 Å². The van der Waals surface area contributed by atoms with Gasteiger partial charge in [-0.2, -0.15) is 5.10 Å². The van der Waals surface area contributed by atoms with Gasteiger partial charge in [-0.3, -0.25) is 0 Å². The number of rotatable bonds is 4. The molecule has 3 aromatic carbocycles. The van der Waals surface area contributed by atoms with Crippen molar-refractivity contribution < 1.29 is 9.47 Å². The average molecular weight is 416 g/mol. The van der Waals surface area contributed by atoms with Gasteiger partial charge in [-0.15, -0.1) is 0 Å². The summed E-state index contributed by atoms with van der Waals surface area (Å²) in [6.45, 7) is 2.31. The summed E-state index contributed by atoms with van der Waals surface area (Å²) in [5.74, 6) is 2.20. The molecular formula is C24H18ClN3O2. The maximum atomic E-state index is 6.04. The van der Waals surface area contributed by atoms with Crippen LogP contribution in [0.3, 0.4) is 0 Å². The minimum Gasteiger partial charge on any atom is -0.454 e. The molecule has 30 heavy (non-hydrogen) atoms. The molecule has 5 rings (SSSR count). The Morgan fingerprint density at radius 3 is 2.50 bits per heavy atom. The van der Waals surface area contributed by atoms with Crippen molar-refractivity contribution in [3.8, 4) is 28.4 Å². The third kappa shape index (κ3) is 3.67. The first kappa shape index (κ1) is 18.5. The molecular weight excluding hydrogens is 398 g/mol. The molecule has 0 saturated carbocycles. The number of nitrogens with zero attached hydrogens (tertiary/aromatic N) is 3. The van der Waals surface area contributed by atoms with Gasteiger partial charge in [-0.25, -0.2) is 9.67 Å². The molecule has 0 radical (unpaired) electrons. The van der Waals surface area contributed by atoms with Crippen LogP contribution in [0.1, 0.15) is 11.1 Å². The number of hydrogen-bond acceptors (Lipinski definition) is 4. The van der Waals surface area contributed by atoms with Gasteiger partial charge in [0, 0.05) is 22.9 Å². The molecule has 5 nitrogen and oxygen atoms in total. The van der Waals surface area contributed by atoms with E-state index in [-0.39, 0.29) is 6.79 Å². The summed E-state index contributed by atoms with van der Waals surface area (Å²) in [7, 11) is 0. The van der Waals surface area contributed by atoms with E-state index in [1.54, 1.807) is 6.21 Å². The summed E-state index contributed by atoms with van der Waals surface area (Å²) in [5, 5.41) is 5.49. The Hall–Kier alpha value is -3.57. The minimum atomic E-state index is 0.251. The van der Waals surface area contributed by atoms with Gasteiger partial charge >= 0.3 is 0 Å². The molecule has 4 aromatic rings. The van der Waals surface area contributed by atoms with Gasteiger partial charge in [0.1, 0.15) is 0 Å². The number of hydrogen-bond donors (Lipinski definition) is 0. The lowest BCUT2D eigenvalue weighted by atomic mass is 10.1. The molecule has 0 atom stereocenters. The van der Waals surface area contributed by atoms with Gasteiger partial charge in [0.25, 0.3) is 0 Å². The summed E-state index contributed by atoms with van der Waals surface area (Å²) in [5.41, 5.74) is 4.85. The summed E-state index contributed by atoms with van der Waals surface area (Å²) in [6, 6.07) is 23.5. The minimum absolute atomic E-state index is 0.251. The van der Waals surface area contributed by atoms with E-state index in [1.165, 1.54) is 5.56 Å². The van der Waals surface area contributed by atoms with Crippen molar-refractivity contribution in [2.24, 2.45) is 4.99 Å². The zero-order valence-electron chi connectivity index (χ0n) is 16.2. The second kappa shape index (κ2) is 7.69. The predicted molar refractivity (Wildman–Crippen MR) is 119 cm³/mol. The van der Waals surface area contributed by atoms with Gasteiger partial charge < -0.3 is 9.47 Å². The summed E-state index contributed by atoms with van der Waals surface area (Å²) >= 11 is 6.04. The van der Waals surface area contributed by atoms with Crippen LogP contribution in [-0.2, 0) is 0 Å². The highest BCUT2D eigenvalue weighted by Gasteiger charge is 2.13. The van der Waals surface area contributed by atoms with E-state index in [1.807, 2.05) is 65.3 Å². The number of aromatic nitrogens is 2. The molecule has 0 amide bonds. The number of ether oxygens (including phenoxy) is 2. The molecule has 1 aliphatic rings. The van der Waals surface area contributed by atoms with Crippen LogP contribution >= 0.6 is 11.6 Å². The van der Waals surface area contributed by atoms with Crippen LogP contribution in [-0.4, -0.2) is 22.8 Å². The lowest BCUT2D eigenvalue weighted by Gasteiger charge is -2.04. The largest absolute Gasteiger partial charge is 0.454 e. The number of aryl methyl sites for hydroxylation is 1. The van der Waals surface area contributed by atoms with Gasteiger partial charge in [-0.1, -0.05) is 41.4 Å². The van der Waals surface area contributed by atoms with Crippen LogP contribution in [0.25, 0.3) is 16.9 Å². The predicted octanol–water partition coefficient (Wildman–Crippen LogP) is 5.98. The van der Waals surface area contributed by atoms with Crippen molar-refractivity contribution in [2.45, 2.75) is 6.92 Å². The Kier molecular flexibility index (Phi) is 4.73. The van der Waals surface area contributed by atoms with E-state index in [2.05, 4.69) is 19.1 Å². The lowest BCUT2D eigenvalue weighted by Crippen LogP contribution is -1.96. The SMILES string of the molecule is Cc1ccc(-n2nc(-c3ccc(Cl)cc3)cc2N=Cc2ccc3c(c2)OCO3)cc1. The van der Waals surface area contributed by atoms with E-state index in [4.69, 9.17) is 31.2 Å². The van der Waals surface area contributed by atoms with Crippen molar-refractivity contribution in [1.82, 2.24) is 9.78 Å². The van der Waals surface area contributed by atoms with E-state index in [9.17, 15) is 0 Å². The molecule has 0 N–H and O–H groups in total. The highest BCUT2D eigenvalue weighted by molar-refractivity contribution is 6.30. The molecule has 0 bridgehead atoms. The first-order valence-corrected chi connectivity index (χ1v) is 9.90. The standard InChI is InChI=1S/C24H18ClN3O2/c1-16-2-9-20(10-3-16)28-24(13-21(27-28)18-5-7-19(25)8-6-18)26-14-17-4-11-22-23(12-17)30-15-29-22/h2-14H,15H2,1H3. The fourth-order valence-electron chi connectivity index (χ4n) is 3.24. The quantitative estimate of drug-likeness (QED) is 0.385. The number of benzene rings is 3. The maximum absolute atomic E-state index is 6.04. The van der Waals surface area contributed by atoms with E-state index in [0.29, 0.717) is 5.02 Å². The van der Waals surface area contributed by atoms with Crippen LogP contribution in [0.5, 0.6) is 11.5 Å². The number of aliphatic imine (C=N–C) groups is 1. The smallest absolute Gasteiger partial charge is 0.231 e. The molecule has 1 aromatic heterocycles. The lowest BCUT2D eigenvalue weighted by molar-refractivity contribution is 0.174. The van der Waals surface area contributed by atoms with E-state index >= 15 is 0 Å². The van der Waals surface area contributed by atoms with Gasteiger partial charge in [0.05, 0.1) is 11.4 Å².